The van der Waals surface area contributed by atoms with E-state index in [0.29, 0.717) is 42.9 Å². The van der Waals surface area contributed by atoms with Crippen LogP contribution in [0.5, 0.6) is 5.75 Å². The van der Waals surface area contributed by atoms with Crippen molar-refractivity contribution in [2.75, 3.05) is 6.61 Å². The van der Waals surface area contributed by atoms with Gasteiger partial charge in [-0.05, 0) is 81.8 Å². The number of carbonyl (C=O) groups is 1. The molecule has 0 unspecified atom stereocenters. The van der Waals surface area contributed by atoms with E-state index in [9.17, 15) is 9.59 Å². The van der Waals surface area contributed by atoms with E-state index in [0.717, 1.165) is 11.1 Å². The van der Waals surface area contributed by atoms with Crippen LogP contribution in [0.3, 0.4) is 0 Å². The first-order valence-electron chi connectivity index (χ1n) is 12.6. The summed E-state index contributed by atoms with van der Waals surface area (Å²) < 4.78 is 19.1. The van der Waals surface area contributed by atoms with E-state index in [4.69, 9.17) is 25.5 Å². The lowest BCUT2D eigenvalue weighted by molar-refractivity contribution is -0.139. The summed E-state index contributed by atoms with van der Waals surface area (Å²) >= 11 is 7.24. The molecule has 7 nitrogen and oxygen atoms in total. The molecule has 4 aromatic rings. The molecule has 2 aromatic carbocycles. The lowest BCUT2D eigenvalue weighted by Gasteiger charge is -2.25. The summed E-state index contributed by atoms with van der Waals surface area (Å²) in [4.78, 5) is 32.0. The average Bonchev–Trinajstić information content (AvgIpc) is 3.48. The molecular weight excluding hydrogens is 536 g/mol. The number of allylic oxidation sites excluding steroid dienone is 1. The van der Waals surface area contributed by atoms with Gasteiger partial charge in [0.2, 0.25) is 0 Å². The molecule has 0 saturated carbocycles. The Morgan fingerprint density at radius 2 is 1.85 bits per heavy atom. The Hall–Kier alpha value is -3.88. The summed E-state index contributed by atoms with van der Waals surface area (Å²) in [5, 5.41) is 0.640. The molecule has 1 aliphatic heterocycles. The third kappa shape index (κ3) is 5.48. The number of rotatable bonds is 7. The molecule has 0 aliphatic carbocycles. The molecule has 0 saturated heterocycles. The molecule has 39 heavy (non-hydrogen) atoms. The van der Waals surface area contributed by atoms with Gasteiger partial charge in [-0.2, -0.15) is 0 Å². The molecule has 0 radical (unpaired) electrons. The zero-order valence-electron chi connectivity index (χ0n) is 21.9. The van der Waals surface area contributed by atoms with Gasteiger partial charge in [-0.15, -0.1) is 0 Å². The number of furan rings is 1. The maximum absolute atomic E-state index is 13.8. The van der Waals surface area contributed by atoms with Gasteiger partial charge in [-0.1, -0.05) is 35.1 Å². The number of ether oxygens (including phenoxy) is 2. The second kappa shape index (κ2) is 11.1. The molecule has 2 aromatic heterocycles. The number of hydrogen-bond acceptors (Lipinski definition) is 7. The lowest BCUT2D eigenvalue weighted by Crippen LogP contribution is -2.39. The Morgan fingerprint density at radius 3 is 2.51 bits per heavy atom. The van der Waals surface area contributed by atoms with Crippen molar-refractivity contribution in [2.45, 2.75) is 39.8 Å². The van der Waals surface area contributed by atoms with E-state index in [1.165, 1.54) is 11.3 Å². The SMILES string of the molecule is CCOC(=O)C1=C(C)N=c2s/c(=C\c3ccc(-c4ccc(Cl)cc4)o3)c(=O)n2[C@H]1c1ccc(OC(C)C)cc1. The van der Waals surface area contributed by atoms with Gasteiger partial charge in [-0.3, -0.25) is 9.36 Å². The fourth-order valence-corrected chi connectivity index (χ4v) is 5.59. The molecule has 200 valence electrons. The fourth-order valence-electron chi connectivity index (χ4n) is 4.44. The maximum Gasteiger partial charge on any atom is 0.338 e. The Balaban J connectivity index is 1.60. The smallest absolute Gasteiger partial charge is 0.338 e. The number of thiazole rings is 1. The van der Waals surface area contributed by atoms with Gasteiger partial charge in [0, 0.05) is 16.7 Å². The second-order valence-corrected chi connectivity index (χ2v) is 10.7. The normalized spacial score (nSPS) is 15.3. The van der Waals surface area contributed by atoms with Crippen LogP contribution in [-0.2, 0) is 9.53 Å². The number of carbonyl (C=O) groups excluding carboxylic acids is 1. The van der Waals surface area contributed by atoms with Crippen LogP contribution >= 0.6 is 22.9 Å². The van der Waals surface area contributed by atoms with E-state index in [1.54, 1.807) is 36.6 Å². The van der Waals surface area contributed by atoms with E-state index < -0.39 is 12.0 Å². The van der Waals surface area contributed by atoms with Crippen molar-refractivity contribution in [3.63, 3.8) is 0 Å². The van der Waals surface area contributed by atoms with E-state index in [2.05, 4.69) is 4.99 Å². The summed E-state index contributed by atoms with van der Waals surface area (Å²) in [6.45, 7) is 7.62. The molecule has 1 aliphatic rings. The minimum Gasteiger partial charge on any atom is -0.491 e. The van der Waals surface area contributed by atoms with Crippen LogP contribution in [-0.4, -0.2) is 23.2 Å². The van der Waals surface area contributed by atoms with Gasteiger partial charge < -0.3 is 13.9 Å². The van der Waals surface area contributed by atoms with Crippen LogP contribution in [0, 0.1) is 0 Å². The predicted octanol–water partition coefficient (Wildman–Crippen LogP) is 5.50. The minimum absolute atomic E-state index is 0.0209. The molecule has 9 heteroatoms. The third-order valence-corrected chi connectivity index (χ3v) is 7.35. The van der Waals surface area contributed by atoms with Gasteiger partial charge in [0.15, 0.2) is 4.80 Å². The van der Waals surface area contributed by atoms with Gasteiger partial charge in [0.05, 0.1) is 34.6 Å². The molecule has 0 N–H and O–H groups in total. The maximum atomic E-state index is 13.8. The third-order valence-electron chi connectivity index (χ3n) is 6.11. The Bertz CT molecular complexity index is 1730. The van der Waals surface area contributed by atoms with E-state index in [1.807, 2.05) is 62.4 Å². The number of esters is 1. The Morgan fingerprint density at radius 1 is 1.13 bits per heavy atom. The highest BCUT2D eigenvalue weighted by Crippen LogP contribution is 2.32. The van der Waals surface area contributed by atoms with Crippen LogP contribution in [0.2, 0.25) is 5.02 Å². The van der Waals surface area contributed by atoms with Crippen LogP contribution < -0.4 is 19.6 Å². The Kier molecular flexibility index (Phi) is 7.59. The number of nitrogens with zero attached hydrogens (tertiary/aromatic N) is 2. The quantitative estimate of drug-likeness (QED) is 0.278. The first kappa shape index (κ1) is 26.7. The summed E-state index contributed by atoms with van der Waals surface area (Å²) in [5.74, 6) is 1.39. The molecule has 0 fully saturated rings. The van der Waals surface area contributed by atoms with Crippen molar-refractivity contribution in [2.24, 2.45) is 4.99 Å². The number of halogens is 1. The zero-order chi connectivity index (χ0) is 27.7. The van der Waals surface area contributed by atoms with Gasteiger partial charge in [0.1, 0.15) is 17.3 Å². The van der Waals surface area contributed by atoms with Crippen molar-refractivity contribution >= 4 is 35.0 Å². The second-order valence-electron chi connectivity index (χ2n) is 9.25. The van der Waals surface area contributed by atoms with E-state index >= 15 is 0 Å². The van der Waals surface area contributed by atoms with Crippen molar-refractivity contribution in [1.82, 2.24) is 4.57 Å². The summed E-state index contributed by atoms with van der Waals surface area (Å²) in [6, 6.07) is 17.7. The molecule has 3 heterocycles. The Labute approximate surface area is 234 Å². The van der Waals surface area contributed by atoms with Crippen LogP contribution in [0.1, 0.15) is 45.1 Å². The average molecular weight is 563 g/mol. The monoisotopic (exact) mass is 562 g/mol. The van der Waals surface area contributed by atoms with E-state index in [-0.39, 0.29) is 18.3 Å². The van der Waals surface area contributed by atoms with Crippen molar-refractivity contribution in [3.05, 3.63) is 108 Å². The first-order chi connectivity index (χ1) is 18.7. The predicted molar refractivity (Wildman–Crippen MR) is 152 cm³/mol. The summed E-state index contributed by atoms with van der Waals surface area (Å²) in [7, 11) is 0. The highest BCUT2D eigenvalue weighted by Gasteiger charge is 2.33. The molecular formula is C30H27ClN2O5S. The number of fused-ring (bicyclic) bond motifs is 1. The number of hydrogen-bond donors (Lipinski definition) is 0. The molecule has 0 amide bonds. The van der Waals surface area contributed by atoms with Crippen LogP contribution in [0.4, 0.5) is 0 Å². The molecule has 0 spiro atoms. The van der Waals surface area contributed by atoms with Gasteiger partial charge in [-0.25, -0.2) is 9.79 Å². The zero-order valence-corrected chi connectivity index (χ0v) is 23.5. The van der Waals surface area contributed by atoms with Gasteiger partial charge in [0.25, 0.3) is 5.56 Å². The summed E-state index contributed by atoms with van der Waals surface area (Å²) in [6.07, 6.45) is 1.72. The van der Waals surface area contributed by atoms with Crippen molar-refractivity contribution in [3.8, 4) is 17.1 Å². The fraction of sp³-hybridized carbons (Fsp3) is 0.233. The van der Waals surface area contributed by atoms with Crippen LogP contribution in [0.25, 0.3) is 17.4 Å². The van der Waals surface area contributed by atoms with Crippen molar-refractivity contribution < 1.29 is 18.7 Å². The summed E-state index contributed by atoms with van der Waals surface area (Å²) in [5.41, 5.74) is 2.19. The topological polar surface area (TPSA) is 83.0 Å². The van der Waals surface area contributed by atoms with Gasteiger partial charge >= 0.3 is 5.97 Å². The number of benzene rings is 2. The largest absolute Gasteiger partial charge is 0.491 e. The molecule has 5 rings (SSSR count). The molecule has 1 atom stereocenters. The standard InChI is InChI=1S/C30H27ClN2O5S/c1-5-36-29(35)26-18(4)32-30-33(27(26)20-8-12-22(13-9-20)37-17(2)3)28(34)25(39-30)16-23-14-15-24(38-23)19-6-10-21(31)11-7-19/h6-17,27H,5H2,1-4H3/b25-16-/t27-/m0/s1. The lowest BCUT2D eigenvalue weighted by atomic mass is 9.96. The molecule has 0 bridgehead atoms. The van der Waals surface area contributed by atoms with Crippen molar-refractivity contribution in [1.29, 1.82) is 0 Å². The highest BCUT2D eigenvalue weighted by atomic mass is 35.5. The number of aromatic nitrogens is 1. The van der Waals surface area contributed by atoms with Crippen LogP contribution in [0.15, 0.2) is 86.1 Å². The highest BCUT2D eigenvalue weighted by molar-refractivity contribution is 7.07. The minimum atomic E-state index is -0.697. The first-order valence-corrected chi connectivity index (χ1v) is 13.8.